The van der Waals surface area contributed by atoms with E-state index in [1.165, 1.54) is 5.56 Å². The Labute approximate surface area is 72.4 Å². The molecule has 0 aromatic heterocycles. The van der Waals surface area contributed by atoms with Crippen LogP contribution in [0.25, 0.3) is 0 Å². The highest BCUT2D eigenvalue weighted by atomic mass is 32.1. The summed E-state index contributed by atoms with van der Waals surface area (Å²) in [7, 11) is 0. The zero-order chi connectivity index (χ0) is 8.27. The summed E-state index contributed by atoms with van der Waals surface area (Å²) in [5, 5.41) is 7.34. The zero-order valence-electron chi connectivity index (χ0n) is 6.46. The highest BCUT2D eigenvalue weighted by molar-refractivity contribution is 7.79. The Kier molecular flexibility index (Phi) is 2.71. The summed E-state index contributed by atoms with van der Waals surface area (Å²) < 4.78 is 0. The maximum atomic E-state index is 7.34. The van der Waals surface area contributed by atoms with Crippen LogP contribution in [0.5, 0.6) is 0 Å². The Morgan fingerprint density at radius 3 is 2.27 bits per heavy atom. The summed E-state index contributed by atoms with van der Waals surface area (Å²) in [6.45, 7) is 1.79. The first-order chi connectivity index (χ1) is 5.24. The molecule has 0 unspecified atom stereocenters. The monoisotopic (exact) mass is 165 g/mol. The second kappa shape index (κ2) is 3.58. The van der Waals surface area contributed by atoms with Gasteiger partial charge in [-0.2, -0.15) is 12.6 Å². The third kappa shape index (κ3) is 2.09. The van der Waals surface area contributed by atoms with Crippen molar-refractivity contribution in [1.29, 1.82) is 5.41 Å². The van der Waals surface area contributed by atoms with E-state index in [1.54, 1.807) is 6.92 Å². The largest absolute Gasteiger partial charge is 0.305 e. The lowest BCUT2D eigenvalue weighted by molar-refractivity contribution is 1.39. The van der Waals surface area contributed by atoms with E-state index >= 15 is 0 Å². The SMILES string of the molecule is CC(=N)c1ccc(CS)cc1. The molecule has 1 aromatic rings. The van der Waals surface area contributed by atoms with Crippen LogP contribution in [0.3, 0.4) is 0 Å². The van der Waals surface area contributed by atoms with Crippen LogP contribution < -0.4 is 0 Å². The van der Waals surface area contributed by atoms with Gasteiger partial charge in [0.2, 0.25) is 0 Å². The molecular weight excluding hydrogens is 154 g/mol. The Bertz CT molecular complexity index is 251. The predicted molar refractivity (Wildman–Crippen MR) is 51.6 cm³/mol. The van der Waals surface area contributed by atoms with Crippen LogP contribution in [0.1, 0.15) is 18.1 Å². The molecule has 0 aliphatic carbocycles. The van der Waals surface area contributed by atoms with Gasteiger partial charge in [0.25, 0.3) is 0 Å². The van der Waals surface area contributed by atoms with Gasteiger partial charge in [0, 0.05) is 11.5 Å². The van der Waals surface area contributed by atoms with Crippen LogP contribution in [0.4, 0.5) is 0 Å². The molecular formula is C9H11NS. The average molecular weight is 165 g/mol. The quantitative estimate of drug-likeness (QED) is 0.497. The highest BCUT2D eigenvalue weighted by Gasteiger charge is 1.93. The zero-order valence-corrected chi connectivity index (χ0v) is 7.36. The van der Waals surface area contributed by atoms with E-state index in [0.717, 1.165) is 11.3 Å². The van der Waals surface area contributed by atoms with E-state index in [4.69, 9.17) is 5.41 Å². The predicted octanol–water partition coefficient (Wildman–Crippen LogP) is 2.50. The van der Waals surface area contributed by atoms with E-state index in [2.05, 4.69) is 12.6 Å². The second-order valence-corrected chi connectivity index (χ2v) is 2.80. The molecule has 0 heterocycles. The summed E-state index contributed by atoms with van der Waals surface area (Å²) in [5.41, 5.74) is 2.78. The third-order valence-electron chi connectivity index (χ3n) is 1.57. The number of hydrogen-bond acceptors (Lipinski definition) is 2. The first-order valence-electron chi connectivity index (χ1n) is 3.49. The molecule has 0 radical (unpaired) electrons. The molecule has 0 fully saturated rings. The molecule has 0 atom stereocenters. The van der Waals surface area contributed by atoms with Crippen LogP contribution in [-0.4, -0.2) is 5.71 Å². The van der Waals surface area contributed by atoms with Gasteiger partial charge in [-0.05, 0) is 18.1 Å². The summed E-state index contributed by atoms with van der Waals surface area (Å²) >= 11 is 4.14. The molecule has 1 N–H and O–H groups in total. The van der Waals surface area contributed by atoms with E-state index in [0.29, 0.717) is 5.71 Å². The lowest BCUT2D eigenvalue weighted by atomic mass is 10.1. The van der Waals surface area contributed by atoms with Crippen molar-refractivity contribution in [3.05, 3.63) is 35.4 Å². The first-order valence-corrected chi connectivity index (χ1v) is 4.12. The van der Waals surface area contributed by atoms with E-state index in [-0.39, 0.29) is 0 Å². The molecule has 58 valence electrons. The number of nitrogens with one attached hydrogen (secondary N) is 1. The number of rotatable bonds is 2. The van der Waals surface area contributed by atoms with Crippen LogP contribution >= 0.6 is 12.6 Å². The summed E-state index contributed by atoms with van der Waals surface area (Å²) in [5.74, 6) is 0.761. The van der Waals surface area contributed by atoms with Gasteiger partial charge < -0.3 is 5.41 Å². The van der Waals surface area contributed by atoms with Crippen molar-refractivity contribution in [3.8, 4) is 0 Å². The Balaban J connectivity index is 2.91. The number of benzene rings is 1. The van der Waals surface area contributed by atoms with Gasteiger partial charge in [0.05, 0.1) is 0 Å². The Morgan fingerprint density at radius 2 is 1.91 bits per heavy atom. The van der Waals surface area contributed by atoms with Gasteiger partial charge in [0.1, 0.15) is 0 Å². The molecule has 0 spiro atoms. The van der Waals surface area contributed by atoms with Crippen LogP contribution in [0.15, 0.2) is 24.3 Å². The van der Waals surface area contributed by atoms with Crippen molar-refractivity contribution in [2.45, 2.75) is 12.7 Å². The minimum absolute atomic E-state index is 0.607. The van der Waals surface area contributed by atoms with Gasteiger partial charge in [-0.3, -0.25) is 0 Å². The van der Waals surface area contributed by atoms with E-state index < -0.39 is 0 Å². The highest BCUT2D eigenvalue weighted by Crippen LogP contribution is 2.06. The van der Waals surface area contributed by atoms with Gasteiger partial charge in [-0.25, -0.2) is 0 Å². The smallest absolute Gasteiger partial charge is 0.0355 e. The fourth-order valence-corrected chi connectivity index (χ4v) is 1.07. The van der Waals surface area contributed by atoms with Crippen molar-refractivity contribution in [2.24, 2.45) is 0 Å². The minimum atomic E-state index is 0.607. The molecule has 0 aliphatic heterocycles. The van der Waals surface area contributed by atoms with Crippen molar-refractivity contribution in [3.63, 3.8) is 0 Å². The standard InChI is InChI=1S/C9H11NS/c1-7(10)9-4-2-8(6-11)3-5-9/h2-5,10-11H,6H2,1H3. The number of thiol groups is 1. The third-order valence-corrected chi connectivity index (χ3v) is 1.93. The molecule has 2 heteroatoms. The molecule has 1 rings (SSSR count). The van der Waals surface area contributed by atoms with Crippen molar-refractivity contribution in [1.82, 2.24) is 0 Å². The van der Waals surface area contributed by atoms with E-state index in [9.17, 15) is 0 Å². The van der Waals surface area contributed by atoms with Crippen molar-refractivity contribution >= 4 is 18.3 Å². The van der Waals surface area contributed by atoms with Gasteiger partial charge in [-0.15, -0.1) is 0 Å². The maximum Gasteiger partial charge on any atom is 0.0355 e. The Morgan fingerprint density at radius 1 is 1.36 bits per heavy atom. The maximum absolute atomic E-state index is 7.34. The van der Waals surface area contributed by atoms with Crippen molar-refractivity contribution < 1.29 is 0 Å². The van der Waals surface area contributed by atoms with Crippen LogP contribution in [-0.2, 0) is 5.75 Å². The Hall–Kier alpha value is -0.760. The van der Waals surface area contributed by atoms with Gasteiger partial charge in [-0.1, -0.05) is 24.3 Å². The van der Waals surface area contributed by atoms with Crippen molar-refractivity contribution in [2.75, 3.05) is 0 Å². The molecule has 0 bridgehead atoms. The normalized spacial score (nSPS) is 9.64. The fraction of sp³-hybridized carbons (Fsp3) is 0.222. The second-order valence-electron chi connectivity index (χ2n) is 2.48. The lowest BCUT2D eigenvalue weighted by Gasteiger charge is -1.98. The van der Waals surface area contributed by atoms with Gasteiger partial charge >= 0.3 is 0 Å². The van der Waals surface area contributed by atoms with Crippen LogP contribution in [0, 0.1) is 5.41 Å². The number of hydrogen-bond donors (Lipinski definition) is 2. The molecule has 0 aliphatic rings. The first kappa shape index (κ1) is 8.34. The summed E-state index contributed by atoms with van der Waals surface area (Å²) in [4.78, 5) is 0. The lowest BCUT2D eigenvalue weighted by Crippen LogP contribution is -1.91. The topological polar surface area (TPSA) is 23.9 Å². The molecule has 0 saturated heterocycles. The fourth-order valence-electron chi connectivity index (χ4n) is 0.860. The molecule has 0 saturated carbocycles. The van der Waals surface area contributed by atoms with E-state index in [1.807, 2.05) is 24.3 Å². The minimum Gasteiger partial charge on any atom is -0.305 e. The van der Waals surface area contributed by atoms with Gasteiger partial charge in [0.15, 0.2) is 0 Å². The van der Waals surface area contributed by atoms with Crippen LogP contribution in [0.2, 0.25) is 0 Å². The molecule has 11 heavy (non-hydrogen) atoms. The molecule has 0 amide bonds. The summed E-state index contributed by atoms with van der Waals surface area (Å²) in [6.07, 6.45) is 0. The molecule has 1 aromatic carbocycles. The molecule has 1 nitrogen and oxygen atoms in total. The average Bonchev–Trinajstić information content (AvgIpc) is 2.05. The summed E-state index contributed by atoms with van der Waals surface area (Å²) in [6, 6.07) is 7.91.